The van der Waals surface area contributed by atoms with Crippen LogP contribution >= 0.6 is 11.8 Å². The second kappa shape index (κ2) is 8.86. The highest BCUT2D eigenvalue weighted by atomic mass is 32.2. The first-order valence-corrected chi connectivity index (χ1v) is 11.1. The van der Waals surface area contributed by atoms with Crippen molar-refractivity contribution in [2.24, 2.45) is 0 Å². The number of aromatic nitrogens is 3. The summed E-state index contributed by atoms with van der Waals surface area (Å²) in [5.41, 5.74) is 0.940. The van der Waals surface area contributed by atoms with E-state index in [0.29, 0.717) is 22.8 Å². The lowest BCUT2D eigenvalue weighted by Gasteiger charge is -2.36. The molecule has 0 aliphatic carbocycles. The number of thioether (sulfide) groups is 1. The van der Waals surface area contributed by atoms with Crippen LogP contribution in [0.5, 0.6) is 0 Å². The SMILES string of the molecule is CCC1CCCCN1C(=O)C(C)Sc1nnc(-c2ccco2)n1-c1ccccc1. The van der Waals surface area contributed by atoms with Gasteiger partial charge in [0.2, 0.25) is 11.7 Å². The van der Waals surface area contributed by atoms with Gasteiger partial charge in [-0.15, -0.1) is 10.2 Å². The van der Waals surface area contributed by atoms with Gasteiger partial charge in [-0.3, -0.25) is 9.36 Å². The molecule has 1 aliphatic heterocycles. The standard InChI is InChI=1S/C22H26N4O2S/c1-3-17-10-7-8-14-25(17)21(27)16(2)29-22-24-23-20(19-13-9-15-28-19)26(22)18-11-5-4-6-12-18/h4-6,9,11-13,15-17H,3,7-8,10,14H2,1-2H3. The average molecular weight is 411 g/mol. The number of carbonyl (C=O) groups is 1. The summed E-state index contributed by atoms with van der Waals surface area (Å²) in [5, 5.41) is 9.22. The van der Waals surface area contributed by atoms with Gasteiger partial charge in [-0.05, 0) is 56.9 Å². The van der Waals surface area contributed by atoms with Gasteiger partial charge in [-0.1, -0.05) is 36.9 Å². The number of nitrogens with zero attached hydrogens (tertiary/aromatic N) is 4. The van der Waals surface area contributed by atoms with Crippen LogP contribution in [0.15, 0.2) is 58.3 Å². The smallest absolute Gasteiger partial charge is 0.236 e. The van der Waals surface area contributed by atoms with E-state index in [1.165, 1.54) is 18.2 Å². The van der Waals surface area contributed by atoms with E-state index >= 15 is 0 Å². The van der Waals surface area contributed by atoms with Crippen molar-refractivity contribution in [3.63, 3.8) is 0 Å². The minimum Gasteiger partial charge on any atom is -0.461 e. The molecule has 3 heterocycles. The van der Waals surface area contributed by atoms with Crippen molar-refractivity contribution >= 4 is 17.7 Å². The highest BCUT2D eigenvalue weighted by Crippen LogP contribution is 2.32. The number of amides is 1. The van der Waals surface area contributed by atoms with E-state index < -0.39 is 0 Å². The summed E-state index contributed by atoms with van der Waals surface area (Å²) in [4.78, 5) is 15.3. The Kier molecular flexibility index (Phi) is 6.04. The highest BCUT2D eigenvalue weighted by molar-refractivity contribution is 8.00. The molecule has 152 valence electrons. The first-order chi connectivity index (χ1) is 14.2. The number of likely N-dealkylation sites (tertiary alicyclic amines) is 1. The summed E-state index contributed by atoms with van der Waals surface area (Å²) < 4.78 is 7.52. The van der Waals surface area contributed by atoms with Crippen molar-refractivity contribution in [2.75, 3.05) is 6.54 Å². The van der Waals surface area contributed by atoms with E-state index in [1.807, 2.05) is 54.0 Å². The first-order valence-electron chi connectivity index (χ1n) is 10.2. The molecule has 1 aromatic carbocycles. The molecule has 0 saturated carbocycles. The van der Waals surface area contributed by atoms with Crippen LogP contribution in [0.1, 0.15) is 39.5 Å². The van der Waals surface area contributed by atoms with Crippen molar-refractivity contribution in [3.8, 4) is 17.3 Å². The van der Waals surface area contributed by atoms with Crippen LogP contribution in [-0.4, -0.2) is 43.4 Å². The lowest BCUT2D eigenvalue weighted by molar-refractivity contribution is -0.134. The average Bonchev–Trinajstić information content (AvgIpc) is 3.43. The maximum atomic E-state index is 13.2. The molecule has 29 heavy (non-hydrogen) atoms. The van der Waals surface area contributed by atoms with Crippen molar-refractivity contribution in [1.82, 2.24) is 19.7 Å². The fourth-order valence-electron chi connectivity index (χ4n) is 3.88. The van der Waals surface area contributed by atoms with Crippen molar-refractivity contribution in [3.05, 3.63) is 48.7 Å². The van der Waals surface area contributed by atoms with Gasteiger partial charge in [-0.2, -0.15) is 0 Å². The maximum absolute atomic E-state index is 13.2. The van der Waals surface area contributed by atoms with E-state index in [4.69, 9.17) is 4.42 Å². The minimum absolute atomic E-state index is 0.184. The third kappa shape index (κ3) is 4.10. The molecule has 2 aromatic heterocycles. The molecule has 2 atom stereocenters. The Labute approximate surface area is 175 Å². The Morgan fingerprint density at radius 2 is 2.03 bits per heavy atom. The molecule has 2 unspecified atom stereocenters. The third-order valence-corrected chi connectivity index (χ3v) is 6.43. The molecule has 1 aliphatic rings. The molecule has 0 radical (unpaired) electrons. The monoisotopic (exact) mass is 410 g/mol. The van der Waals surface area contributed by atoms with Gasteiger partial charge in [0.05, 0.1) is 11.5 Å². The minimum atomic E-state index is -0.238. The molecule has 4 rings (SSSR count). The quantitative estimate of drug-likeness (QED) is 0.546. The Bertz CT molecular complexity index is 939. The largest absolute Gasteiger partial charge is 0.461 e. The van der Waals surface area contributed by atoms with Crippen LogP contribution < -0.4 is 0 Å². The summed E-state index contributed by atoms with van der Waals surface area (Å²) in [5.74, 6) is 1.46. The first kappa shape index (κ1) is 19.8. The van der Waals surface area contributed by atoms with Gasteiger partial charge < -0.3 is 9.32 Å². The summed E-state index contributed by atoms with van der Waals surface area (Å²) in [6.07, 6.45) is 6.02. The molecule has 0 N–H and O–H groups in total. The number of benzene rings is 1. The molecule has 3 aromatic rings. The van der Waals surface area contributed by atoms with Crippen molar-refractivity contribution < 1.29 is 9.21 Å². The fourth-order valence-corrected chi connectivity index (χ4v) is 4.82. The summed E-state index contributed by atoms with van der Waals surface area (Å²) >= 11 is 1.45. The van der Waals surface area contributed by atoms with E-state index in [2.05, 4.69) is 22.0 Å². The molecule has 7 heteroatoms. The lowest BCUT2D eigenvalue weighted by atomic mass is 10.00. The van der Waals surface area contributed by atoms with E-state index in [0.717, 1.165) is 31.5 Å². The molecule has 1 saturated heterocycles. The second-order valence-corrected chi connectivity index (χ2v) is 8.61. The van der Waals surface area contributed by atoms with Crippen molar-refractivity contribution in [1.29, 1.82) is 0 Å². The van der Waals surface area contributed by atoms with E-state index in [9.17, 15) is 4.79 Å². The number of piperidine rings is 1. The summed E-state index contributed by atoms with van der Waals surface area (Å²) in [7, 11) is 0. The normalized spacial score (nSPS) is 18.0. The predicted octanol–water partition coefficient (Wildman–Crippen LogP) is 4.80. The van der Waals surface area contributed by atoms with Crippen LogP contribution in [-0.2, 0) is 4.79 Å². The lowest BCUT2D eigenvalue weighted by Crippen LogP contribution is -2.46. The number of hydrogen-bond acceptors (Lipinski definition) is 5. The Morgan fingerprint density at radius 3 is 2.76 bits per heavy atom. The number of carbonyl (C=O) groups excluding carboxylic acids is 1. The third-order valence-electron chi connectivity index (χ3n) is 5.40. The molecular formula is C22H26N4O2S. The predicted molar refractivity (Wildman–Crippen MR) is 114 cm³/mol. The zero-order valence-electron chi connectivity index (χ0n) is 16.8. The number of furan rings is 1. The Hall–Kier alpha value is -2.54. The van der Waals surface area contributed by atoms with Gasteiger partial charge in [0.25, 0.3) is 0 Å². The number of rotatable bonds is 6. The number of para-hydroxylation sites is 1. The van der Waals surface area contributed by atoms with Crippen LogP contribution in [0.4, 0.5) is 0 Å². The van der Waals surface area contributed by atoms with Crippen LogP contribution in [0.3, 0.4) is 0 Å². The highest BCUT2D eigenvalue weighted by Gasteiger charge is 2.30. The summed E-state index contributed by atoms with van der Waals surface area (Å²) in [6.45, 7) is 4.98. The van der Waals surface area contributed by atoms with Gasteiger partial charge in [0.15, 0.2) is 10.9 Å². The Balaban J connectivity index is 1.62. The Morgan fingerprint density at radius 1 is 1.21 bits per heavy atom. The van der Waals surface area contributed by atoms with Gasteiger partial charge in [-0.25, -0.2) is 0 Å². The molecule has 1 fully saturated rings. The molecule has 1 amide bonds. The van der Waals surface area contributed by atoms with Gasteiger partial charge in [0.1, 0.15) is 0 Å². The van der Waals surface area contributed by atoms with Crippen LogP contribution in [0.2, 0.25) is 0 Å². The summed E-state index contributed by atoms with van der Waals surface area (Å²) in [6, 6.07) is 14.0. The second-order valence-electron chi connectivity index (χ2n) is 7.30. The van der Waals surface area contributed by atoms with Crippen LogP contribution in [0.25, 0.3) is 17.3 Å². The topological polar surface area (TPSA) is 64.2 Å². The molecular weight excluding hydrogens is 384 g/mol. The zero-order valence-corrected chi connectivity index (χ0v) is 17.6. The molecule has 0 spiro atoms. The zero-order chi connectivity index (χ0) is 20.2. The molecule has 6 nitrogen and oxygen atoms in total. The van der Waals surface area contributed by atoms with E-state index in [-0.39, 0.29) is 11.2 Å². The maximum Gasteiger partial charge on any atom is 0.236 e. The van der Waals surface area contributed by atoms with Gasteiger partial charge in [0, 0.05) is 18.3 Å². The number of hydrogen-bond donors (Lipinski definition) is 0. The fraction of sp³-hybridized carbons (Fsp3) is 0.409. The molecule has 0 bridgehead atoms. The van der Waals surface area contributed by atoms with Crippen LogP contribution in [0, 0.1) is 0 Å². The van der Waals surface area contributed by atoms with Crippen molar-refractivity contribution in [2.45, 2.75) is 56.0 Å². The van der Waals surface area contributed by atoms with E-state index in [1.54, 1.807) is 6.26 Å². The van der Waals surface area contributed by atoms with Gasteiger partial charge >= 0.3 is 0 Å².